The average Bonchev–Trinajstić information content (AvgIpc) is 2.46. The summed E-state index contributed by atoms with van der Waals surface area (Å²) in [5, 5.41) is 3.33. The first-order valence-electron chi connectivity index (χ1n) is 8.01. The average molecular weight is 278 g/mol. The highest BCUT2D eigenvalue weighted by molar-refractivity contribution is 5.29. The van der Waals surface area contributed by atoms with E-state index in [0.717, 1.165) is 36.8 Å². The van der Waals surface area contributed by atoms with Gasteiger partial charge < -0.3 is 10.1 Å². The lowest BCUT2D eigenvalue weighted by molar-refractivity contribution is 0.230. The summed E-state index contributed by atoms with van der Waals surface area (Å²) in [7, 11) is 0. The number of rotatable bonds is 10. The molecular formula is C17H30N2O. The van der Waals surface area contributed by atoms with Crippen LogP contribution < -0.4 is 10.1 Å². The highest BCUT2D eigenvalue weighted by Gasteiger charge is 2.10. The van der Waals surface area contributed by atoms with Gasteiger partial charge in [-0.05, 0) is 37.9 Å². The van der Waals surface area contributed by atoms with Gasteiger partial charge >= 0.3 is 0 Å². The Kier molecular flexibility index (Phi) is 8.28. The Bertz CT molecular complexity index is 379. The third-order valence-corrected chi connectivity index (χ3v) is 3.63. The first-order valence-corrected chi connectivity index (χ1v) is 8.01. The highest BCUT2D eigenvalue weighted by Crippen LogP contribution is 2.20. The number of hydrogen-bond donors (Lipinski definition) is 1. The first-order chi connectivity index (χ1) is 9.71. The molecule has 0 aliphatic heterocycles. The summed E-state index contributed by atoms with van der Waals surface area (Å²) >= 11 is 0. The van der Waals surface area contributed by atoms with Crippen LogP contribution in [0.2, 0.25) is 0 Å². The zero-order valence-electron chi connectivity index (χ0n) is 13.5. The van der Waals surface area contributed by atoms with E-state index in [1.165, 1.54) is 25.7 Å². The van der Waals surface area contributed by atoms with Crippen molar-refractivity contribution in [1.29, 1.82) is 0 Å². The first kappa shape index (κ1) is 17.0. The van der Waals surface area contributed by atoms with Crippen LogP contribution in [-0.4, -0.2) is 18.1 Å². The topological polar surface area (TPSA) is 34.1 Å². The molecule has 20 heavy (non-hydrogen) atoms. The summed E-state index contributed by atoms with van der Waals surface area (Å²) in [6, 6.07) is 4.08. The molecule has 1 unspecified atom stereocenters. The van der Waals surface area contributed by atoms with Crippen LogP contribution in [0.15, 0.2) is 12.1 Å². The van der Waals surface area contributed by atoms with Gasteiger partial charge in [-0.3, -0.25) is 4.98 Å². The van der Waals surface area contributed by atoms with Gasteiger partial charge in [-0.15, -0.1) is 0 Å². The summed E-state index contributed by atoms with van der Waals surface area (Å²) < 4.78 is 6.04. The van der Waals surface area contributed by atoms with Crippen molar-refractivity contribution < 1.29 is 4.74 Å². The van der Waals surface area contributed by atoms with Gasteiger partial charge in [0.05, 0.1) is 12.3 Å². The molecule has 114 valence electrons. The molecular weight excluding hydrogens is 248 g/mol. The fourth-order valence-electron chi connectivity index (χ4n) is 2.20. The maximum Gasteiger partial charge on any atom is 0.142 e. The lowest BCUT2D eigenvalue weighted by Crippen LogP contribution is -2.17. The van der Waals surface area contributed by atoms with Crippen LogP contribution >= 0.6 is 0 Å². The van der Waals surface area contributed by atoms with Gasteiger partial charge in [0.1, 0.15) is 5.75 Å². The largest absolute Gasteiger partial charge is 0.491 e. The molecule has 1 aromatic heterocycles. The lowest BCUT2D eigenvalue weighted by atomic mass is 10.0. The van der Waals surface area contributed by atoms with Gasteiger partial charge in [0.25, 0.3) is 0 Å². The van der Waals surface area contributed by atoms with Crippen LogP contribution in [0.4, 0.5) is 0 Å². The molecule has 0 saturated heterocycles. The number of nitrogens with one attached hydrogen (secondary N) is 1. The molecule has 0 spiro atoms. The summed E-state index contributed by atoms with van der Waals surface area (Å²) in [5.41, 5.74) is 2.07. The fraction of sp³-hybridized carbons (Fsp3) is 0.706. The van der Waals surface area contributed by atoms with E-state index >= 15 is 0 Å². The van der Waals surface area contributed by atoms with Gasteiger partial charge in [0.2, 0.25) is 0 Å². The van der Waals surface area contributed by atoms with Crippen molar-refractivity contribution in [2.45, 2.75) is 59.9 Å². The molecule has 0 aromatic carbocycles. The van der Waals surface area contributed by atoms with Crippen molar-refractivity contribution in [3.05, 3.63) is 23.5 Å². The number of unbranched alkanes of at least 4 members (excludes halogenated alkanes) is 1. The Balaban J connectivity index is 2.60. The normalized spacial score (nSPS) is 12.4. The Morgan fingerprint density at radius 3 is 2.70 bits per heavy atom. The fourth-order valence-corrected chi connectivity index (χ4v) is 2.20. The molecule has 3 heteroatoms. The van der Waals surface area contributed by atoms with Gasteiger partial charge in [0, 0.05) is 12.2 Å². The van der Waals surface area contributed by atoms with Gasteiger partial charge in [0.15, 0.2) is 0 Å². The molecule has 0 fully saturated rings. The van der Waals surface area contributed by atoms with Crippen LogP contribution in [0.5, 0.6) is 5.75 Å². The molecule has 0 bridgehead atoms. The van der Waals surface area contributed by atoms with Crippen molar-refractivity contribution in [2.75, 3.05) is 13.2 Å². The third kappa shape index (κ3) is 5.91. The van der Waals surface area contributed by atoms with E-state index in [9.17, 15) is 0 Å². The number of aryl methyl sites for hydroxylation is 1. The van der Waals surface area contributed by atoms with E-state index in [1.54, 1.807) is 0 Å². The molecule has 1 N–H and O–H groups in total. The van der Waals surface area contributed by atoms with E-state index in [-0.39, 0.29) is 0 Å². The van der Waals surface area contributed by atoms with E-state index < -0.39 is 0 Å². The molecule has 0 saturated carbocycles. The minimum atomic E-state index is 0.656. The Morgan fingerprint density at radius 2 is 2.05 bits per heavy atom. The maximum atomic E-state index is 6.04. The maximum absolute atomic E-state index is 6.04. The van der Waals surface area contributed by atoms with Gasteiger partial charge in [-0.25, -0.2) is 0 Å². The predicted molar refractivity (Wildman–Crippen MR) is 85.2 cm³/mol. The second kappa shape index (κ2) is 9.76. The Labute approximate surface area is 124 Å². The van der Waals surface area contributed by atoms with Crippen molar-refractivity contribution in [3.63, 3.8) is 0 Å². The highest BCUT2D eigenvalue weighted by atomic mass is 16.5. The van der Waals surface area contributed by atoms with E-state index in [1.807, 2.05) is 13.0 Å². The molecule has 3 nitrogen and oxygen atoms in total. The molecule has 1 aromatic rings. The van der Waals surface area contributed by atoms with Crippen LogP contribution in [0, 0.1) is 12.8 Å². The molecule has 0 aliphatic rings. The molecule has 1 rings (SSSR count). The number of hydrogen-bond acceptors (Lipinski definition) is 3. The molecule has 1 heterocycles. The third-order valence-electron chi connectivity index (χ3n) is 3.63. The minimum Gasteiger partial charge on any atom is -0.491 e. The minimum absolute atomic E-state index is 0.656. The number of nitrogens with zero attached hydrogens (tertiary/aromatic N) is 1. The predicted octanol–water partition coefficient (Wildman–Crippen LogP) is 4.09. The van der Waals surface area contributed by atoms with Crippen molar-refractivity contribution in [3.8, 4) is 5.75 Å². The second-order valence-electron chi connectivity index (χ2n) is 5.41. The molecule has 0 radical (unpaired) electrons. The van der Waals surface area contributed by atoms with Crippen LogP contribution in [0.1, 0.15) is 57.8 Å². The van der Waals surface area contributed by atoms with Crippen LogP contribution in [0.25, 0.3) is 0 Å². The quantitative estimate of drug-likeness (QED) is 0.700. The number of pyridine rings is 1. The zero-order valence-corrected chi connectivity index (χ0v) is 13.5. The van der Waals surface area contributed by atoms with Gasteiger partial charge in [-0.1, -0.05) is 40.0 Å². The summed E-state index contributed by atoms with van der Waals surface area (Å²) in [5.74, 6) is 1.59. The second-order valence-corrected chi connectivity index (χ2v) is 5.41. The van der Waals surface area contributed by atoms with Crippen LogP contribution in [-0.2, 0) is 6.54 Å². The van der Waals surface area contributed by atoms with E-state index in [4.69, 9.17) is 4.74 Å². The zero-order chi connectivity index (χ0) is 14.8. The molecule has 0 aliphatic carbocycles. The lowest BCUT2D eigenvalue weighted by Gasteiger charge is -2.17. The number of ether oxygens (including phenoxy) is 1. The number of aromatic nitrogens is 1. The van der Waals surface area contributed by atoms with Crippen molar-refractivity contribution >= 4 is 0 Å². The van der Waals surface area contributed by atoms with E-state index in [2.05, 4.69) is 37.1 Å². The van der Waals surface area contributed by atoms with Crippen LogP contribution in [0.3, 0.4) is 0 Å². The summed E-state index contributed by atoms with van der Waals surface area (Å²) in [4.78, 5) is 4.59. The summed E-state index contributed by atoms with van der Waals surface area (Å²) in [6.07, 6.45) is 4.99. The molecule has 0 amide bonds. The van der Waals surface area contributed by atoms with Gasteiger partial charge in [-0.2, -0.15) is 0 Å². The standard InChI is InChI=1S/C17H30N2O/c1-5-8-9-15(6-2)13-20-17-11-10-14(4)19-16(17)12-18-7-3/h10-11,15,18H,5-9,12-13H2,1-4H3. The smallest absolute Gasteiger partial charge is 0.142 e. The van der Waals surface area contributed by atoms with E-state index in [0.29, 0.717) is 5.92 Å². The molecule has 1 atom stereocenters. The monoisotopic (exact) mass is 278 g/mol. The Morgan fingerprint density at radius 1 is 1.25 bits per heavy atom. The van der Waals surface area contributed by atoms with Crippen molar-refractivity contribution in [1.82, 2.24) is 10.3 Å². The summed E-state index contributed by atoms with van der Waals surface area (Å²) in [6.45, 7) is 11.1. The Hall–Kier alpha value is -1.09. The van der Waals surface area contributed by atoms with Crippen molar-refractivity contribution in [2.24, 2.45) is 5.92 Å². The SMILES string of the molecule is CCCCC(CC)COc1ccc(C)nc1CNCC.